The minimum atomic E-state index is -0.499. The van der Waals surface area contributed by atoms with Crippen LogP contribution in [0.3, 0.4) is 0 Å². The topological polar surface area (TPSA) is 24.7 Å². The molecule has 0 saturated carbocycles. The quantitative estimate of drug-likeness (QED) is 0.127. The Balaban J connectivity index is 1.24. The van der Waals surface area contributed by atoms with Crippen LogP contribution in [-0.4, -0.2) is 0 Å². The molecule has 47 heavy (non-hydrogen) atoms. The number of fused-ring (bicyclic) bond motifs is 1. The van der Waals surface area contributed by atoms with Gasteiger partial charge in [0.1, 0.15) is 0 Å². The van der Waals surface area contributed by atoms with E-state index in [0.717, 1.165) is 11.4 Å². The van der Waals surface area contributed by atoms with Crippen LogP contribution in [0.15, 0.2) is 168 Å². The van der Waals surface area contributed by atoms with E-state index in [-0.39, 0.29) is 0 Å². The van der Waals surface area contributed by atoms with Gasteiger partial charge in [-0.2, -0.15) is 10.2 Å². The zero-order chi connectivity index (χ0) is 32.4. The highest BCUT2D eigenvalue weighted by molar-refractivity contribution is 5.98. The van der Waals surface area contributed by atoms with E-state index < -0.39 is 5.41 Å². The van der Waals surface area contributed by atoms with Crippen molar-refractivity contribution in [3.63, 3.8) is 0 Å². The van der Waals surface area contributed by atoms with E-state index >= 15 is 0 Å². The van der Waals surface area contributed by atoms with Gasteiger partial charge in [0, 0.05) is 0 Å². The first kappa shape index (κ1) is 30.1. The zero-order valence-electron chi connectivity index (χ0n) is 27.4. The Morgan fingerprint density at radius 2 is 0.745 bits per heavy atom. The average Bonchev–Trinajstić information content (AvgIpc) is 3.10. The smallest absolute Gasteiger partial charge is 0.0857 e. The normalized spacial score (nSPS) is 11.7. The molecule has 2 nitrogen and oxygen atoms in total. The fourth-order valence-corrected chi connectivity index (χ4v) is 6.73. The first-order valence-electron chi connectivity index (χ1n) is 16.2. The number of hydrogen-bond acceptors (Lipinski definition) is 2. The number of aryl methyl sites for hydroxylation is 4. The van der Waals surface area contributed by atoms with Gasteiger partial charge in [-0.25, -0.2) is 0 Å². The number of hydrogen-bond donors (Lipinski definition) is 0. The lowest BCUT2D eigenvalue weighted by Gasteiger charge is -2.37. The van der Waals surface area contributed by atoms with Crippen molar-refractivity contribution < 1.29 is 0 Å². The molecule has 0 saturated heterocycles. The number of azo groups is 1. The zero-order valence-corrected chi connectivity index (χ0v) is 27.4. The minimum Gasteiger partial charge on any atom is -0.151 e. The molecule has 0 aliphatic carbocycles. The van der Waals surface area contributed by atoms with Gasteiger partial charge in [0.25, 0.3) is 0 Å². The molecule has 0 N–H and O–H groups in total. The second kappa shape index (κ2) is 12.7. The van der Waals surface area contributed by atoms with Gasteiger partial charge in [-0.3, -0.25) is 0 Å². The van der Waals surface area contributed by atoms with E-state index in [1.165, 1.54) is 66.4 Å². The van der Waals surface area contributed by atoms with Crippen LogP contribution in [0.4, 0.5) is 11.4 Å². The molecule has 0 amide bonds. The molecule has 0 aromatic heterocycles. The molecule has 0 radical (unpaired) electrons. The summed E-state index contributed by atoms with van der Waals surface area (Å²) in [6, 6.07) is 56.8. The number of benzene rings is 7. The van der Waals surface area contributed by atoms with Crippen LogP contribution in [0.1, 0.15) is 44.5 Å². The number of rotatable bonds is 7. The molecule has 0 heterocycles. The summed E-state index contributed by atoms with van der Waals surface area (Å²) in [7, 11) is 0. The monoisotopic (exact) mass is 606 g/mol. The van der Waals surface area contributed by atoms with Gasteiger partial charge in [-0.15, -0.1) is 0 Å². The molecule has 0 atom stereocenters. The number of nitrogens with zero attached hydrogens (tertiary/aromatic N) is 2. The van der Waals surface area contributed by atoms with E-state index in [4.69, 9.17) is 0 Å². The van der Waals surface area contributed by atoms with Crippen LogP contribution in [0.5, 0.6) is 0 Å². The molecule has 0 aliphatic rings. The maximum absolute atomic E-state index is 4.64. The van der Waals surface area contributed by atoms with Crippen molar-refractivity contribution in [3.05, 3.63) is 202 Å². The maximum Gasteiger partial charge on any atom is 0.0857 e. The Morgan fingerprint density at radius 1 is 0.362 bits per heavy atom. The van der Waals surface area contributed by atoms with Gasteiger partial charge in [0.2, 0.25) is 0 Å². The highest BCUT2D eigenvalue weighted by Gasteiger charge is 2.38. The summed E-state index contributed by atoms with van der Waals surface area (Å²) in [6.45, 7) is 8.58. The molecule has 228 valence electrons. The van der Waals surface area contributed by atoms with Crippen molar-refractivity contribution in [1.82, 2.24) is 0 Å². The minimum absolute atomic E-state index is 0.499. The fourth-order valence-electron chi connectivity index (χ4n) is 6.73. The van der Waals surface area contributed by atoms with Crippen molar-refractivity contribution in [1.29, 1.82) is 0 Å². The van der Waals surface area contributed by atoms with Crippen molar-refractivity contribution in [2.24, 2.45) is 10.2 Å². The van der Waals surface area contributed by atoms with Crippen LogP contribution in [-0.2, 0) is 5.41 Å². The van der Waals surface area contributed by atoms with E-state index in [0.29, 0.717) is 0 Å². The molecule has 0 spiro atoms. The van der Waals surface area contributed by atoms with Crippen molar-refractivity contribution in [3.8, 4) is 11.1 Å². The Morgan fingerprint density at radius 3 is 1.21 bits per heavy atom. The standard InChI is InChI=1S/C45H38N2/c1-31-11-19-36(20-12-31)45(37-21-13-32(2)14-22-37,38-23-15-33(3)16-24-38)39-25-29-41(30-26-39)47-46-40-27-17-35(18-28-40)43-9-6-8-42-34(4)7-5-10-44(42)43/h5-30H,1-4H3. The highest BCUT2D eigenvalue weighted by Crippen LogP contribution is 2.46. The first-order valence-corrected chi connectivity index (χ1v) is 16.2. The van der Waals surface area contributed by atoms with Crippen molar-refractivity contribution >= 4 is 22.1 Å². The van der Waals surface area contributed by atoms with Crippen LogP contribution >= 0.6 is 0 Å². The van der Waals surface area contributed by atoms with E-state index in [9.17, 15) is 0 Å². The summed E-state index contributed by atoms with van der Waals surface area (Å²) >= 11 is 0. The third-order valence-electron chi connectivity index (χ3n) is 9.35. The Labute approximate surface area is 278 Å². The SMILES string of the molecule is Cc1ccc(C(c2ccc(C)cc2)(c2ccc(C)cc2)c2ccc(N=Nc3ccc(-c4cccc5c(C)cccc45)cc3)cc2)cc1. The largest absolute Gasteiger partial charge is 0.151 e. The van der Waals surface area contributed by atoms with E-state index in [2.05, 4.69) is 184 Å². The predicted octanol–water partition coefficient (Wildman–Crippen LogP) is 12.5. The lowest BCUT2D eigenvalue weighted by molar-refractivity contribution is 0.744. The predicted molar refractivity (Wildman–Crippen MR) is 197 cm³/mol. The van der Waals surface area contributed by atoms with Crippen LogP contribution in [0.25, 0.3) is 21.9 Å². The molecular formula is C45H38N2. The van der Waals surface area contributed by atoms with Gasteiger partial charge >= 0.3 is 0 Å². The Kier molecular flexibility index (Phi) is 8.10. The summed E-state index contributed by atoms with van der Waals surface area (Å²) in [4.78, 5) is 0. The highest BCUT2D eigenvalue weighted by atomic mass is 15.1. The summed E-state index contributed by atoms with van der Waals surface area (Å²) in [6.07, 6.45) is 0. The lowest BCUT2D eigenvalue weighted by Crippen LogP contribution is -2.31. The molecule has 2 heteroatoms. The maximum atomic E-state index is 4.64. The van der Waals surface area contributed by atoms with Crippen LogP contribution in [0, 0.1) is 27.7 Å². The summed E-state index contributed by atoms with van der Waals surface area (Å²) < 4.78 is 0. The van der Waals surface area contributed by atoms with Gasteiger partial charge in [-0.1, -0.05) is 150 Å². The second-order valence-electron chi connectivity index (χ2n) is 12.6. The van der Waals surface area contributed by atoms with Crippen LogP contribution in [0.2, 0.25) is 0 Å². The lowest BCUT2D eigenvalue weighted by atomic mass is 9.65. The van der Waals surface area contributed by atoms with Crippen molar-refractivity contribution in [2.45, 2.75) is 33.1 Å². The summed E-state index contributed by atoms with van der Waals surface area (Å²) in [5.41, 5.74) is 13.4. The molecule has 0 unspecified atom stereocenters. The van der Waals surface area contributed by atoms with Crippen molar-refractivity contribution in [2.75, 3.05) is 0 Å². The third-order valence-corrected chi connectivity index (χ3v) is 9.35. The Bertz CT molecular complexity index is 2060. The Hall–Kier alpha value is -5.60. The fraction of sp³-hybridized carbons (Fsp3) is 0.111. The van der Waals surface area contributed by atoms with Gasteiger partial charge in [0.15, 0.2) is 0 Å². The van der Waals surface area contributed by atoms with Gasteiger partial charge in [-0.05, 0) is 102 Å². The van der Waals surface area contributed by atoms with Gasteiger partial charge in [0.05, 0.1) is 16.8 Å². The first-order chi connectivity index (χ1) is 22.9. The van der Waals surface area contributed by atoms with E-state index in [1.54, 1.807) is 0 Å². The molecule has 0 aliphatic heterocycles. The molecule has 0 fully saturated rings. The third kappa shape index (κ3) is 5.79. The molecule has 7 aromatic rings. The molecular weight excluding hydrogens is 569 g/mol. The van der Waals surface area contributed by atoms with Crippen LogP contribution < -0.4 is 0 Å². The summed E-state index contributed by atoms with van der Waals surface area (Å²) in [5.74, 6) is 0. The molecule has 7 aromatic carbocycles. The van der Waals surface area contributed by atoms with Gasteiger partial charge < -0.3 is 0 Å². The summed E-state index contributed by atoms with van der Waals surface area (Å²) in [5, 5.41) is 11.8. The second-order valence-corrected chi connectivity index (χ2v) is 12.6. The molecule has 7 rings (SSSR count). The molecule has 0 bridgehead atoms. The van der Waals surface area contributed by atoms with E-state index in [1.807, 2.05) is 12.1 Å². The average molecular weight is 607 g/mol.